The first kappa shape index (κ1) is 42.2. The lowest BCUT2D eigenvalue weighted by Gasteiger charge is -2.47. The lowest BCUT2D eigenvalue weighted by atomic mass is 9.75. The first-order valence-electron chi connectivity index (χ1n) is 20.1. The Morgan fingerprint density at radius 3 is 1.46 bits per heavy atom. The summed E-state index contributed by atoms with van der Waals surface area (Å²) in [4.78, 5) is 12.3. The number of fused-ring (bicyclic) bond motifs is 4. The number of pyridine rings is 2. The van der Waals surface area contributed by atoms with Crippen LogP contribution in [0, 0.1) is 37.5 Å². The van der Waals surface area contributed by atoms with Crippen molar-refractivity contribution >= 4 is 11.6 Å². The highest BCUT2D eigenvalue weighted by molar-refractivity contribution is 5.45. The molecule has 2 aromatic heterocycles. The summed E-state index contributed by atoms with van der Waals surface area (Å²) < 4.78 is 100. The molecule has 6 atom stereocenters. The summed E-state index contributed by atoms with van der Waals surface area (Å²) in [6, 6.07) is 16.4. The van der Waals surface area contributed by atoms with E-state index in [0.717, 1.165) is 74.2 Å². The van der Waals surface area contributed by atoms with E-state index in [2.05, 4.69) is 19.8 Å². The van der Waals surface area contributed by atoms with E-state index in [1.807, 2.05) is 38.1 Å². The van der Waals surface area contributed by atoms with Crippen molar-refractivity contribution in [1.29, 1.82) is 0 Å². The average molecular weight is 829 g/mol. The minimum Gasteiger partial charge on any atom is -0.504 e. The third-order valence-electron chi connectivity index (χ3n) is 11.8. The van der Waals surface area contributed by atoms with Crippen LogP contribution in [0.5, 0.6) is 23.0 Å². The van der Waals surface area contributed by atoms with Crippen molar-refractivity contribution in [3.8, 4) is 23.0 Å². The molecule has 0 radical (unpaired) electrons. The highest BCUT2D eigenvalue weighted by atomic mass is 19.4. The largest absolute Gasteiger partial charge is 0.504 e. The van der Waals surface area contributed by atoms with Crippen LogP contribution in [0.15, 0.2) is 73.1 Å². The van der Waals surface area contributed by atoms with Gasteiger partial charge in [0.15, 0.2) is 29.8 Å². The van der Waals surface area contributed by atoms with E-state index in [1.165, 1.54) is 12.1 Å². The maximum atomic E-state index is 12.9. The Morgan fingerprint density at radius 2 is 1.05 bits per heavy atom. The smallest absolute Gasteiger partial charge is 0.417 e. The summed E-state index contributed by atoms with van der Waals surface area (Å²) in [5.41, 5.74) is 0.581. The molecule has 318 valence electrons. The van der Waals surface area contributed by atoms with Gasteiger partial charge in [-0.05, 0) is 99.2 Å². The number of nitrogens with zero attached hydrogens (tertiary/aromatic N) is 4. The van der Waals surface area contributed by atoms with Crippen LogP contribution in [0.25, 0.3) is 0 Å². The molecule has 1 N–H and O–H groups in total. The van der Waals surface area contributed by atoms with Crippen molar-refractivity contribution < 1.29 is 50.4 Å². The van der Waals surface area contributed by atoms with Crippen LogP contribution in [-0.4, -0.2) is 67.4 Å². The lowest BCUT2D eigenvalue weighted by molar-refractivity contribution is -0.138. The standard InChI is InChI=1S/C23H27F3N2O3.C21H23F3N2O2/c1-15-6-8-19(20(10-15)30-14-29-2)31-22-16-4-3-5-17(22)13-28(12-16)21-9-7-18(11-27-21)23(24,25)26;1-13-5-7-18(17(27)9-13)28-20-14-3-2-4-15(20)12-26(11-14)19-8-6-16(10-25-19)21(22,23)24/h6-11,16-17,22H,3-5,12-14H2,1-2H3;5-10,14-15,20,27H,2-4,11-12H2,1H3/t16-,17+,22?;14-,15+,20?. The number of methoxy groups -OCH3 is 1. The summed E-state index contributed by atoms with van der Waals surface area (Å²) in [5.74, 6) is 4.19. The minimum absolute atomic E-state index is 0.00643. The van der Waals surface area contributed by atoms with Gasteiger partial charge in [-0.2, -0.15) is 26.3 Å². The fraction of sp³-hybridized carbons (Fsp3) is 0.500. The Morgan fingerprint density at radius 1 is 0.610 bits per heavy atom. The Bertz CT molecular complexity index is 1990. The number of aromatic nitrogens is 2. The quantitative estimate of drug-likeness (QED) is 0.131. The Balaban J connectivity index is 0.000000180. The number of rotatable bonds is 9. The van der Waals surface area contributed by atoms with Crippen LogP contribution in [0.1, 0.15) is 60.8 Å². The monoisotopic (exact) mass is 828 g/mol. The maximum absolute atomic E-state index is 12.9. The van der Waals surface area contributed by atoms with Gasteiger partial charge in [0.05, 0.1) is 11.1 Å². The molecule has 4 aromatic rings. The number of phenols is 1. The lowest BCUT2D eigenvalue weighted by Crippen LogP contribution is -2.54. The maximum Gasteiger partial charge on any atom is 0.417 e. The minimum atomic E-state index is -4.38. The molecule has 2 saturated heterocycles. The van der Waals surface area contributed by atoms with E-state index < -0.39 is 23.5 Å². The van der Waals surface area contributed by atoms with Gasteiger partial charge in [-0.3, -0.25) is 0 Å². The third kappa shape index (κ3) is 10.1. The number of alkyl halides is 6. The number of ether oxygens (including phenoxy) is 4. The fourth-order valence-electron chi connectivity index (χ4n) is 8.98. The molecule has 4 fully saturated rings. The zero-order chi connectivity index (χ0) is 41.9. The molecule has 0 spiro atoms. The molecule has 2 aliphatic heterocycles. The van der Waals surface area contributed by atoms with E-state index in [0.29, 0.717) is 55.1 Å². The van der Waals surface area contributed by atoms with E-state index in [9.17, 15) is 31.4 Å². The number of aromatic hydroxyl groups is 1. The van der Waals surface area contributed by atoms with Crippen molar-refractivity contribution in [2.45, 2.75) is 76.9 Å². The van der Waals surface area contributed by atoms with Crippen LogP contribution in [0.4, 0.5) is 38.0 Å². The summed E-state index contributed by atoms with van der Waals surface area (Å²) in [6.07, 6.45) is -0.656. The number of piperidine rings is 2. The van der Waals surface area contributed by atoms with Crippen molar-refractivity contribution in [2.75, 3.05) is 49.9 Å². The van der Waals surface area contributed by atoms with Crippen LogP contribution >= 0.6 is 0 Å². The van der Waals surface area contributed by atoms with E-state index >= 15 is 0 Å². The van der Waals surface area contributed by atoms with Gasteiger partial charge in [-0.15, -0.1) is 0 Å². The molecule has 4 heterocycles. The van der Waals surface area contributed by atoms with Crippen molar-refractivity contribution in [1.82, 2.24) is 9.97 Å². The second-order valence-electron chi connectivity index (χ2n) is 16.2. The predicted octanol–water partition coefficient (Wildman–Crippen LogP) is 9.87. The normalized spacial score (nSPS) is 24.2. The van der Waals surface area contributed by atoms with Gasteiger partial charge in [0.25, 0.3) is 0 Å². The average Bonchev–Trinajstić information content (AvgIpc) is 3.18. The number of benzene rings is 2. The number of hydrogen-bond acceptors (Lipinski definition) is 9. The van der Waals surface area contributed by atoms with Gasteiger partial charge in [0.1, 0.15) is 23.8 Å². The first-order valence-corrected chi connectivity index (χ1v) is 20.1. The second-order valence-corrected chi connectivity index (χ2v) is 16.2. The Kier molecular flexibility index (Phi) is 12.7. The number of phenolic OH excluding ortho intramolecular Hbond substituents is 1. The van der Waals surface area contributed by atoms with Crippen LogP contribution in [0.2, 0.25) is 0 Å². The van der Waals surface area contributed by atoms with E-state index in [1.54, 1.807) is 19.2 Å². The first-order chi connectivity index (χ1) is 28.2. The molecule has 0 amide bonds. The molecule has 2 aliphatic carbocycles. The summed E-state index contributed by atoms with van der Waals surface area (Å²) in [7, 11) is 1.58. The molecular weight excluding hydrogens is 778 g/mol. The third-order valence-corrected chi connectivity index (χ3v) is 11.8. The molecule has 59 heavy (non-hydrogen) atoms. The van der Waals surface area contributed by atoms with Crippen LogP contribution in [0.3, 0.4) is 0 Å². The molecule has 2 unspecified atom stereocenters. The van der Waals surface area contributed by atoms with Gasteiger partial charge in [-0.25, -0.2) is 9.97 Å². The van der Waals surface area contributed by atoms with E-state index in [4.69, 9.17) is 18.9 Å². The number of hydrogen-bond donors (Lipinski definition) is 1. The molecule has 9 nitrogen and oxygen atoms in total. The predicted molar refractivity (Wildman–Crippen MR) is 210 cm³/mol. The van der Waals surface area contributed by atoms with Crippen LogP contribution < -0.4 is 24.0 Å². The van der Waals surface area contributed by atoms with Crippen molar-refractivity contribution in [2.24, 2.45) is 23.7 Å². The van der Waals surface area contributed by atoms with Gasteiger partial charge >= 0.3 is 12.4 Å². The summed E-state index contributed by atoms with van der Waals surface area (Å²) >= 11 is 0. The van der Waals surface area contributed by atoms with Gasteiger partial charge < -0.3 is 33.9 Å². The summed E-state index contributed by atoms with van der Waals surface area (Å²) in [6.45, 7) is 6.84. The molecule has 8 rings (SSSR count). The summed E-state index contributed by atoms with van der Waals surface area (Å²) in [5, 5.41) is 10.2. The number of anilines is 2. The molecule has 4 bridgehead atoms. The fourth-order valence-corrected chi connectivity index (χ4v) is 8.98. The zero-order valence-corrected chi connectivity index (χ0v) is 33.3. The Hall–Kier alpha value is -4.92. The second kappa shape index (κ2) is 17.7. The highest BCUT2D eigenvalue weighted by Gasteiger charge is 2.43. The zero-order valence-electron chi connectivity index (χ0n) is 33.3. The molecule has 15 heteroatoms. The van der Waals surface area contributed by atoms with Crippen molar-refractivity contribution in [3.63, 3.8) is 0 Å². The topological polar surface area (TPSA) is 89.4 Å². The van der Waals surface area contributed by atoms with Crippen LogP contribution in [-0.2, 0) is 17.1 Å². The molecule has 4 aliphatic rings. The number of aryl methyl sites for hydroxylation is 2. The van der Waals surface area contributed by atoms with E-state index in [-0.39, 0.29) is 48.4 Å². The van der Waals surface area contributed by atoms with Gasteiger partial charge in [-0.1, -0.05) is 25.0 Å². The van der Waals surface area contributed by atoms with Gasteiger partial charge in [0.2, 0.25) is 0 Å². The number of halogens is 6. The molecular formula is C44H50F6N4O5. The highest BCUT2D eigenvalue weighted by Crippen LogP contribution is 2.43. The van der Waals surface area contributed by atoms with Gasteiger partial charge in [0, 0.05) is 69.4 Å². The SMILES string of the molecule is COCOc1cc(C)ccc1OC1[C@@H]2CCC[C@H]1CN(c1ccc(C(F)(F)F)cn1)C2.Cc1ccc(OC2[C@@H]3CCC[C@H]2CN(c2ccc(C(F)(F)F)cn2)C3)c(O)c1. The molecule has 2 saturated carbocycles. The molecule has 2 aromatic carbocycles. The Labute approximate surface area is 340 Å². The van der Waals surface area contributed by atoms with Crippen molar-refractivity contribution in [3.05, 3.63) is 95.3 Å².